The average molecular weight is 468 g/mol. The molecule has 0 saturated carbocycles. The van der Waals surface area contributed by atoms with Crippen molar-refractivity contribution in [2.75, 3.05) is 37.8 Å². The molecule has 3 atom stereocenters. The second-order valence-electron chi connectivity index (χ2n) is 9.12. The Balaban J connectivity index is 1.46. The fraction of sp³-hybridized carbons (Fsp3) is 0.542. The number of carbonyl (C=O) groups is 1. The zero-order valence-electron chi connectivity index (χ0n) is 19.6. The molecule has 3 aliphatic rings. The van der Waals surface area contributed by atoms with Crippen LogP contribution in [0, 0.1) is 18.8 Å². The van der Waals surface area contributed by atoms with Gasteiger partial charge in [-0.2, -0.15) is 5.10 Å². The summed E-state index contributed by atoms with van der Waals surface area (Å²) in [5.41, 5.74) is 3.11. The summed E-state index contributed by atoms with van der Waals surface area (Å²) in [6.07, 6.45) is 3.56. The molecule has 10 nitrogen and oxygen atoms in total. The van der Waals surface area contributed by atoms with Gasteiger partial charge in [0.25, 0.3) is 0 Å². The Labute approximate surface area is 198 Å². The molecule has 5 heterocycles. The Kier molecular flexibility index (Phi) is 5.93. The molecular weight excluding hydrogens is 438 g/mol. The summed E-state index contributed by atoms with van der Waals surface area (Å²) in [5.74, 6) is 6.00. The van der Waals surface area contributed by atoms with Gasteiger partial charge in [-0.3, -0.25) is 9.48 Å². The van der Waals surface area contributed by atoms with E-state index in [1.165, 1.54) is 0 Å². The maximum absolute atomic E-state index is 11.3. The number of anilines is 1. The zero-order chi connectivity index (χ0) is 23.9. The van der Waals surface area contributed by atoms with Crippen LogP contribution >= 0.6 is 0 Å². The van der Waals surface area contributed by atoms with E-state index in [2.05, 4.69) is 39.1 Å². The Hall–Kier alpha value is -3.13. The normalized spacial score (nSPS) is 25.5. The van der Waals surface area contributed by atoms with Crippen LogP contribution in [-0.4, -0.2) is 82.5 Å². The molecule has 0 aromatic carbocycles. The molecule has 34 heavy (non-hydrogen) atoms. The summed E-state index contributed by atoms with van der Waals surface area (Å²) in [5, 5.41) is 16.5. The first kappa shape index (κ1) is 22.7. The molecule has 2 N–H and O–H groups in total. The monoisotopic (exact) mass is 467 g/mol. The number of carboxylic acids is 1. The highest BCUT2D eigenvalue weighted by Gasteiger charge is 2.50. The molecule has 10 heteroatoms. The van der Waals surface area contributed by atoms with Crippen LogP contribution in [0.2, 0.25) is 0 Å². The highest BCUT2D eigenvalue weighted by atomic mass is 16.6. The third-order valence-corrected chi connectivity index (χ3v) is 7.03. The van der Waals surface area contributed by atoms with Gasteiger partial charge in [0.2, 0.25) is 5.88 Å². The third-order valence-electron chi connectivity index (χ3n) is 7.03. The van der Waals surface area contributed by atoms with Gasteiger partial charge in [0.15, 0.2) is 0 Å². The zero-order valence-corrected chi connectivity index (χ0v) is 19.6. The summed E-state index contributed by atoms with van der Waals surface area (Å²) in [7, 11) is 1.89. The molecule has 2 aromatic heterocycles. The van der Waals surface area contributed by atoms with Crippen molar-refractivity contribution in [3.8, 4) is 17.7 Å². The van der Waals surface area contributed by atoms with Crippen LogP contribution in [0.15, 0.2) is 18.5 Å². The fourth-order valence-electron chi connectivity index (χ4n) is 4.61. The van der Waals surface area contributed by atoms with E-state index in [1.807, 2.05) is 20.0 Å². The molecule has 3 aliphatic heterocycles. The SMILES string of the molecule is Cc1c(C#Cc2cnc(O[C@@H]3CN[C@H](C(=O)O)C3)c(N3CCOC4(COC4)[C@@H]3C)c2)cnn1C. The van der Waals surface area contributed by atoms with E-state index in [-0.39, 0.29) is 17.7 Å². The first-order chi connectivity index (χ1) is 16.4. The van der Waals surface area contributed by atoms with E-state index in [4.69, 9.17) is 14.2 Å². The molecule has 0 aliphatic carbocycles. The van der Waals surface area contributed by atoms with Gasteiger partial charge in [-0.25, -0.2) is 4.98 Å². The van der Waals surface area contributed by atoms with Crippen LogP contribution in [0.3, 0.4) is 0 Å². The number of aliphatic carboxylic acids is 1. The van der Waals surface area contributed by atoms with Gasteiger partial charge in [-0.05, 0) is 19.9 Å². The summed E-state index contributed by atoms with van der Waals surface area (Å²) >= 11 is 0. The summed E-state index contributed by atoms with van der Waals surface area (Å²) < 4.78 is 19.6. The Bertz CT molecular complexity index is 1150. The first-order valence-corrected chi connectivity index (χ1v) is 11.5. The number of nitrogens with one attached hydrogen (secondary N) is 1. The van der Waals surface area contributed by atoms with Crippen molar-refractivity contribution in [3.63, 3.8) is 0 Å². The Morgan fingerprint density at radius 2 is 2.18 bits per heavy atom. The van der Waals surface area contributed by atoms with E-state index < -0.39 is 12.0 Å². The topological polar surface area (TPSA) is 111 Å². The van der Waals surface area contributed by atoms with E-state index in [1.54, 1.807) is 17.1 Å². The lowest BCUT2D eigenvalue weighted by Gasteiger charge is -2.53. The number of morpholine rings is 1. The lowest BCUT2D eigenvalue weighted by molar-refractivity contribution is -0.228. The molecule has 0 unspecified atom stereocenters. The predicted octanol–water partition coefficient (Wildman–Crippen LogP) is 0.711. The number of carboxylic acid groups (broad SMARTS) is 1. The third kappa shape index (κ3) is 4.11. The Morgan fingerprint density at radius 3 is 2.82 bits per heavy atom. The number of pyridine rings is 1. The van der Waals surface area contributed by atoms with Crippen molar-refractivity contribution in [3.05, 3.63) is 35.3 Å². The van der Waals surface area contributed by atoms with Gasteiger partial charge in [-0.1, -0.05) is 11.8 Å². The minimum atomic E-state index is -0.871. The predicted molar refractivity (Wildman–Crippen MR) is 123 cm³/mol. The number of nitrogens with zero attached hydrogens (tertiary/aromatic N) is 4. The van der Waals surface area contributed by atoms with Crippen LogP contribution in [-0.2, 0) is 21.3 Å². The van der Waals surface area contributed by atoms with Crippen LogP contribution in [0.25, 0.3) is 0 Å². The first-order valence-electron chi connectivity index (χ1n) is 11.5. The maximum atomic E-state index is 11.3. The quantitative estimate of drug-likeness (QED) is 0.628. The van der Waals surface area contributed by atoms with Gasteiger partial charge in [0, 0.05) is 38.3 Å². The number of rotatable bonds is 4. The highest BCUT2D eigenvalue weighted by Crippen LogP contribution is 2.38. The molecule has 180 valence electrons. The van der Waals surface area contributed by atoms with Gasteiger partial charge < -0.3 is 29.5 Å². The minimum absolute atomic E-state index is 0.0522. The van der Waals surface area contributed by atoms with Crippen LogP contribution in [0.5, 0.6) is 5.88 Å². The van der Waals surface area contributed by atoms with Gasteiger partial charge in [0.05, 0.1) is 43.3 Å². The van der Waals surface area contributed by atoms with Crippen LogP contribution in [0.1, 0.15) is 30.2 Å². The van der Waals surface area contributed by atoms with Crippen molar-refractivity contribution in [1.29, 1.82) is 0 Å². The van der Waals surface area contributed by atoms with E-state index in [9.17, 15) is 9.90 Å². The van der Waals surface area contributed by atoms with E-state index >= 15 is 0 Å². The Morgan fingerprint density at radius 1 is 1.35 bits per heavy atom. The van der Waals surface area contributed by atoms with Crippen molar-refractivity contribution < 1.29 is 24.1 Å². The van der Waals surface area contributed by atoms with Crippen LogP contribution < -0.4 is 15.0 Å². The summed E-state index contributed by atoms with van der Waals surface area (Å²) in [6.45, 7) is 6.93. The van der Waals surface area contributed by atoms with Gasteiger partial charge in [0.1, 0.15) is 23.4 Å². The molecule has 0 bridgehead atoms. The van der Waals surface area contributed by atoms with Gasteiger partial charge in [-0.15, -0.1) is 0 Å². The molecule has 5 rings (SSSR count). The molecule has 0 radical (unpaired) electrons. The van der Waals surface area contributed by atoms with Gasteiger partial charge >= 0.3 is 5.97 Å². The standard InChI is InChI=1S/C24H29N5O5/c1-15-18(11-27-28(15)3)5-4-17-8-21(29-6-7-33-24(16(29)2)13-32-14-24)22(26-10-17)34-19-9-20(23(30)31)25-12-19/h8,10-11,16,19-20,25H,6-7,9,12-14H2,1-3H3,(H,30,31)/t16-,19-,20-/m0/s1. The summed E-state index contributed by atoms with van der Waals surface area (Å²) in [6, 6.07) is 1.43. The lowest BCUT2D eigenvalue weighted by atomic mass is 9.90. The molecule has 0 amide bonds. The highest BCUT2D eigenvalue weighted by molar-refractivity contribution is 5.74. The maximum Gasteiger partial charge on any atom is 0.320 e. The number of ether oxygens (including phenoxy) is 3. The number of hydrogen-bond acceptors (Lipinski definition) is 8. The minimum Gasteiger partial charge on any atom is -0.480 e. The molecule has 1 spiro atoms. The fourth-order valence-corrected chi connectivity index (χ4v) is 4.61. The van der Waals surface area contributed by atoms with Crippen molar-refractivity contribution in [1.82, 2.24) is 20.1 Å². The smallest absolute Gasteiger partial charge is 0.320 e. The van der Waals surface area contributed by atoms with E-state index in [0.717, 1.165) is 22.5 Å². The number of aryl methyl sites for hydroxylation is 1. The number of aromatic nitrogens is 3. The second-order valence-corrected chi connectivity index (χ2v) is 9.12. The van der Waals surface area contributed by atoms with Crippen LogP contribution in [0.4, 0.5) is 5.69 Å². The van der Waals surface area contributed by atoms with Crippen molar-refractivity contribution >= 4 is 11.7 Å². The molecular formula is C24H29N5O5. The molecule has 3 saturated heterocycles. The van der Waals surface area contributed by atoms with E-state index in [0.29, 0.717) is 45.2 Å². The molecule has 2 aromatic rings. The lowest BCUT2D eigenvalue weighted by Crippen LogP contribution is -2.68. The summed E-state index contributed by atoms with van der Waals surface area (Å²) in [4.78, 5) is 18.2. The largest absolute Gasteiger partial charge is 0.480 e. The average Bonchev–Trinajstić information content (AvgIpc) is 3.39. The van der Waals surface area contributed by atoms with Crippen molar-refractivity contribution in [2.45, 2.75) is 44.1 Å². The second kappa shape index (κ2) is 8.91. The molecule has 3 fully saturated rings. The number of hydrogen-bond donors (Lipinski definition) is 2. The van der Waals surface area contributed by atoms with Crippen molar-refractivity contribution in [2.24, 2.45) is 7.05 Å².